The molecule has 0 aliphatic rings. The van der Waals surface area contributed by atoms with Gasteiger partial charge in [-0.2, -0.15) is 4.98 Å². The summed E-state index contributed by atoms with van der Waals surface area (Å²) in [6.07, 6.45) is 0. The highest BCUT2D eigenvalue weighted by Gasteiger charge is 2.14. The Labute approximate surface area is 101 Å². The maximum Gasteiger partial charge on any atom is 0.321 e. The second-order valence-corrected chi connectivity index (χ2v) is 5.26. The number of amides is 1. The number of aromatic nitrogens is 2. The Morgan fingerprint density at radius 1 is 1.41 bits per heavy atom. The van der Waals surface area contributed by atoms with Crippen molar-refractivity contribution < 1.29 is 9.32 Å². The minimum Gasteiger partial charge on any atom is -0.350 e. The van der Waals surface area contributed by atoms with Crippen LogP contribution in [0.5, 0.6) is 0 Å². The molecule has 0 bridgehead atoms. The third kappa shape index (κ3) is 4.84. The van der Waals surface area contributed by atoms with Crippen molar-refractivity contribution in [3.05, 3.63) is 5.82 Å². The molecule has 6 heteroatoms. The third-order valence-corrected chi connectivity index (χ3v) is 1.87. The number of rotatable bonds is 4. The Kier molecular flexibility index (Phi) is 4.09. The first-order chi connectivity index (χ1) is 7.78. The van der Waals surface area contributed by atoms with Crippen molar-refractivity contribution in [3.8, 4) is 0 Å². The summed E-state index contributed by atoms with van der Waals surface area (Å²) in [5, 5.41) is 9.41. The van der Waals surface area contributed by atoms with Gasteiger partial charge in [0.1, 0.15) is 0 Å². The quantitative estimate of drug-likeness (QED) is 0.834. The first-order valence-corrected chi connectivity index (χ1v) is 5.66. The smallest absolute Gasteiger partial charge is 0.321 e. The van der Waals surface area contributed by atoms with Crippen molar-refractivity contribution in [1.82, 2.24) is 15.5 Å². The van der Waals surface area contributed by atoms with Crippen LogP contribution in [0, 0.1) is 0 Å². The van der Waals surface area contributed by atoms with Gasteiger partial charge in [-0.15, -0.1) is 0 Å². The van der Waals surface area contributed by atoms with Crippen LogP contribution >= 0.6 is 0 Å². The predicted octanol–water partition coefficient (Wildman–Crippen LogP) is 1.52. The zero-order chi connectivity index (χ0) is 13.1. The highest BCUT2D eigenvalue weighted by atomic mass is 16.5. The summed E-state index contributed by atoms with van der Waals surface area (Å²) >= 11 is 0. The van der Waals surface area contributed by atoms with E-state index < -0.39 is 0 Å². The van der Waals surface area contributed by atoms with E-state index in [0.717, 1.165) is 0 Å². The molecule has 1 rings (SSSR count). The largest absolute Gasteiger partial charge is 0.350 e. The summed E-state index contributed by atoms with van der Waals surface area (Å²) in [7, 11) is 0. The van der Waals surface area contributed by atoms with Gasteiger partial charge in [0, 0.05) is 11.5 Å². The highest BCUT2D eigenvalue weighted by Crippen LogP contribution is 2.12. The Bertz CT molecular complexity index is 379. The number of anilines is 1. The lowest BCUT2D eigenvalue weighted by Gasteiger charge is -2.20. The van der Waals surface area contributed by atoms with Gasteiger partial charge in [0.15, 0.2) is 5.82 Å². The van der Waals surface area contributed by atoms with E-state index in [4.69, 9.17) is 4.52 Å². The molecule has 0 saturated carbocycles. The number of nitrogens with zero attached hydrogens (tertiary/aromatic N) is 2. The highest BCUT2D eigenvalue weighted by molar-refractivity contribution is 5.80. The van der Waals surface area contributed by atoms with E-state index in [2.05, 4.69) is 20.8 Å². The fourth-order valence-electron chi connectivity index (χ4n) is 1.16. The summed E-state index contributed by atoms with van der Waals surface area (Å²) in [5.41, 5.74) is -0.239. The fraction of sp³-hybridized carbons (Fsp3) is 0.727. The third-order valence-electron chi connectivity index (χ3n) is 1.87. The van der Waals surface area contributed by atoms with Crippen LogP contribution in [0.2, 0.25) is 0 Å². The molecule has 1 heterocycles. The number of hydrogen-bond acceptors (Lipinski definition) is 5. The van der Waals surface area contributed by atoms with Crippen LogP contribution in [-0.2, 0) is 4.79 Å². The molecular weight excluding hydrogens is 220 g/mol. The van der Waals surface area contributed by atoms with E-state index >= 15 is 0 Å². The zero-order valence-corrected chi connectivity index (χ0v) is 11.0. The molecule has 6 nitrogen and oxygen atoms in total. The van der Waals surface area contributed by atoms with Crippen molar-refractivity contribution in [1.29, 1.82) is 0 Å². The Hall–Kier alpha value is -1.59. The topological polar surface area (TPSA) is 80.0 Å². The Balaban J connectivity index is 2.42. The minimum absolute atomic E-state index is 0.109. The maximum atomic E-state index is 11.5. The van der Waals surface area contributed by atoms with Gasteiger partial charge in [-0.25, -0.2) is 0 Å². The summed E-state index contributed by atoms with van der Waals surface area (Å²) in [6, 6.07) is 0.276. The molecule has 0 fully saturated rings. The normalized spacial score (nSPS) is 11.6. The Morgan fingerprint density at radius 3 is 2.53 bits per heavy atom. The van der Waals surface area contributed by atoms with E-state index in [1.54, 1.807) is 0 Å². The molecular formula is C11H20N4O2. The van der Waals surface area contributed by atoms with Gasteiger partial charge in [0.2, 0.25) is 5.91 Å². The van der Waals surface area contributed by atoms with Gasteiger partial charge in [0.25, 0.3) is 0 Å². The summed E-state index contributed by atoms with van der Waals surface area (Å²) < 4.78 is 4.95. The first-order valence-electron chi connectivity index (χ1n) is 5.66. The van der Waals surface area contributed by atoms with Crippen molar-refractivity contribution in [2.45, 2.75) is 46.1 Å². The average molecular weight is 240 g/mol. The first kappa shape index (κ1) is 13.5. The number of nitrogens with one attached hydrogen (secondary N) is 2. The van der Waals surface area contributed by atoms with Crippen molar-refractivity contribution in [2.24, 2.45) is 0 Å². The van der Waals surface area contributed by atoms with E-state index in [-0.39, 0.29) is 29.9 Å². The number of hydrogen-bond donors (Lipinski definition) is 2. The van der Waals surface area contributed by atoms with Gasteiger partial charge in [-0.05, 0) is 20.8 Å². The standard InChI is InChI=1S/C11H20N4O2/c1-7(2)9-13-10(17-15-9)12-6-8(16)14-11(3,4)5/h7H,6H2,1-5H3,(H,14,16)(H,12,13,15). The average Bonchev–Trinajstić information content (AvgIpc) is 2.60. The van der Waals surface area contributed by atoms with Gasteiger partial charge in [-0.1, -0.05) is 19.0 Å². The molecule has 0 aliphatic heterocycles. The van der Waals surface area contributed by atoms with Crippen LogP contribution in [0.4, 0.5) is 6.01 Å². The lowest BCUT2D eigenvalue weighted by molar-refractivity contribution is -0.120. The summed E-state index contributed by atoms with van der Waals surface area (Å²) in [6.45, 7) is 9.84. The molecule has 96 valence electrons. The lowest BCUT2D eigenvalue weighted by Crippen LogP contribution is -2.43. The molecule has 0 unspecified atom stereocenters. The van der Waals surface area contributed by atoms with Crippen molar-refractivity contribution in [2.75, 3.05) is 11.9 Å². The van der Waals surface area contributed by atoms with Gasteiger partial charge in [-0.3, -0.25) is 4.79 Å². The van der Waals surface area contributed by atoms with Gasteiger partial charge >= 0.3 is 6.01 Å². The molecule has 17 heavy (non-hydrogen) atoms. The second kappa shape index (κ2) is 5.16. The van der Waals surface area contributed by atoms with Crippen LogP contribution in [0.25, 0.3) is 0 Å². The molecule has 1 amide bonds. The van der Waals surface area contributed by atoms with Crippen LogP contribution in [0.3, 0.4) is 0 Å². The monoisotopic (exact) mass is 240 g/mol. The molecule has 0 aromatic carbocycles. The zero-order valence-electron chi connectivity index (χ0n) is 11.0. The van der Waals surface area contributed by atoms with Gasteiger partial charge < -0.3 is 15.2 Å². The van der Waals surface area contributed by atoms with Gasteiger partial charge in [0.05, 0.1) is 6.54 Å². The SMILES string of the molecule is CC(C)c1noc(NCC(=O)NC(C)(C)C)n1. The summed E-state index contributed by atoms with van der Waals surface area (Å²) in [5.74, 6) is 0.725. The van der Waals surface area contributed by atoms with Crippen LogP contribution in [-0.4, -0.2) is 28.1 Å². The molecule has 0 aliphatic carbocycles. The Morgan fingerprint density at radius 2 is 2.06 bits per heavy atom. The molecule has 0 radical (unpaired) electrons. The van der Waals surface area contributed by atoms with Crippen LogP contribution in [0.15, 0.2) is 4.52 Å². The molecule has 0 atom stereocenters. The number of carbonyl (C=O) groups excluding carboxylic acids is 1. The van der Waals surface area contributed by atoms with E-state index in [1.807, 2.05) is 34.6 Å². The lowest BCUT2D eigenvalue weighted by atomic mass is 10.1. The van der Waals surface area contributed by atoms with Crippen molar-refractivity contribution in [3.63, 3.8) is 0 Å². The molecule has 0 spiro atoms. The summed E-state index contributed by atoms with van der Waals surface area (Å²) in [4.78, 5) is 15.6. The molecule has 1 aromatic rings. The second-order valence-electron chi connectivity index (χ2n) is 5.26. The van der Waals surface area contributed by atoms with Crippen LogP contribution < -0.4 is 10.6 Å². The molecule has 1 aromatic heterocycles. The van der Waals surface area contributed by atoms with E-state index in [0.29, 0.717) is 5.82 Å². The molecule has 0 saturated heterocycles. The fourth-order valence-corrected chi connectivity index (χ4v) is 1.16. The van der Waals surface area contributed by atoms with Crippen molar-refractivity contribution >= 4 is 11.9 Å². The predicted molar refractivity (Wildman–Crippen MR) is 64.8 cm³/mol. The number of carbonyl (C=O) groups is 1. The van der Waals surface area contributed by atoms with Crippen LogP contribution in [0.1, 0.15) is 46.4 Å². The minimum atomic E-state index is -0.239. The van der Waals surface area contributed by atoms with E-state index in [1.165, 1.54) is 0 Å². The van der Waals surface area contributed by atoms with E-state index in [9.17, 15) is 4.79 Å². The maximum absolute atomic E-state index is 11.5. The molecule has 2 N–H and O–H groups in total.